The summed E-state index contributed by atoms with van der Waals surface area (Å²) in [7, 11) is 1.87. The Morgan fingerprint density at radius 2 is 2.03 bits per heavy atom. The number of hydrogen-bond donors (Lipinski definition) is 2. The Morgan fingerprint density at radius 3 is 2.76 bits per heavy atom. The van der Waals surface area contributed by atoms with Crippen LogP contribution in [-0.4, -0.2) is 48.0 Å². The molecule has 1 aliphatic rings. The van der Waals surface area contributed by atoms with E-state index >= 15 is 0 Å². The minimum Gasteiger partial charge on any atom is -0.481 e. The van der Waals surface area contributed by atoms with Crippen molar-refractivity contribution in [3.05, 3.63) is 64.9 Å². The van der Waals surface area contributed by atoms with Gasteiger partial charge in [-0.2, -0.15) is 4.57 Å². The van der Waals surface area contributed by atoms with Gasteiger partial charge in [0.2, 0.25) is 0 Å². The predicted molar refractivity (Wildman–Crippen MR) is 126 cm³/mol. The quantitative estimate of drug-likeness (QED) is 0.286. The molecule has 0 radical (unpaired) electrons. The molecule has 34 heavy (non-hydrogen) atoms. The summed E-state index contributed by atoms with van der Waals surface area (Å²) >= 11 is 6.50. The zero-order valence-electron chi connectivity index (χ0n) is 19.3. The van der Waals surface area contributed by atoms with E-state index in [0.717, 1.165) is 18.4 Å². The van der Waals surface area contributed by atoms with Crippen molar-refractivity contribution in [2.45, 2.75) is 50.8 Å². The summed E-state index contributed by atoms with van der Waals surface area (Å²) in [6.45, 7) is 0.687. The molecule has 1 unspecified atom stereocenters. The zero-order chi connectivity index (χ0) is 24.6. The molecule has 3 rings (SSSR count). The first-order valence-corrected chi connectivity index (χ1v) is 11.8. The number of likely N-dealkylation sites (N-methyl/N-ethyl adjacent to an activating group) is 1. The van der Waals surface area contributed by atoms with Gasteiger partial charge in [0.05, 0.1) is 0 Å². The number of nitrogens with zero attached hydrogens (tertiary/aromatic N) is 2. The van der Waals surface area contributed by atoms with Crippen LogP contribution < -0.4 is 9.88 Å². The maximum Gasteiger partial charge on any atom is 0.303 e. The van der Waals surface area contributed by atoms with Gasteiger partial charge in [-0.25, -0.2) is 0 Å². The first kappa shape index (κ1) is 25.8. The number of rotatable bonds is 11. The number of aliphatic carboxylic acids is 1. The smallest absolute Gasteiger partial charge is 0.303 e. The Morgan fingerprint density at radius 1 is 1.24 bits per heavy atom. The van der Waals surface area contributed by atoms with Crippen LogP contribution in [0.4, 0.5) is 0 Å². The average Bonchev–Trinajstić information content (AvgIpc) is 2.82. The van der Waals surface area contributed by atoms with E-state index in [2.05, 4.69) is 5.32 Å². The summed E-state index contributed by atoms with van der Waals surface area (Å²) in [5.41, 5.74) is 0.435. The van der Waals surface area contributed by atoms with E-state index in [0.29, 0.717) is 36.4 Å². The van der Waals surface area contributed by atoms with Crippen molar-refractivity contribution in [3.63, 3.8) is 0 Å². The molecule has 2 aromatic rings. The number of ether oxygens (including phenoxy) is 1. The molecule has 1 amide bonds. The molecule has 1 heterocycles. The highest BCUT2D eigenvalue weighted by Crippen LogP contribution is 2.42. The first-order valence-electron chi connectivity index (χ1n) is 11.4. The van der Waals surface area contributed by atoms with E-state index in [9.17, 15) is 14.4 Å². The van der Waals surface area contributed by atoms with Crippen LogP contribution >= 0.6 is 11.6 Å². The average molecular weight is 489 g/mol. The van der Waals surface area contributed by atoms with Crippen LogP contribution in [0.2, 0.25) is 5.02 Å². The summed E-state index contributed by atoms with van der Waals surface area (Å²) in [5.74, 6) is -1.02. The lowest BCUT2D eigenvalue weighted by Gasteiger charge is -2.43. The van der Waals surface area contributed by atoms with E-state index in [4.69, 9.17) is 21.4 Å². The van der Waals surface area contributed by atoms with Gasteiger partial charge in [0.15, 0.2) is 18.2 Å². The molecule has 8 nitrogen and oxygen atoms in total. The Kier molecular flexibility index (Phi) is 9.15. The molecule has 0 bridgehead atoms. The predicted octanol–water partition coefficient (Wildman–Crippen LogP) is 3.12. The highest BCUT2D eigenvalue weighted by Gasteiger charge is 2.46. The van der Waals surface area contributed by atoms with Gasteiger partial charge in [0, 0.05) is 30.5 Å². The van der Waals surface area contributed by atoms with E-state index < -0.39 is 11.5 Å². The van der Waals surface area contributed by atoms with Gasteiger partial charge in [0.1, 0.15) is 17.8 Å². The fraction of sp³-hybridized carbons (Fsp3) is 0.440. The molecule has 0 aliphatic heterocycles. The summed E-state index contributed by atoms with van der Waals surface area (Å²) in [4.78, 5) is 38.0. The largest absolute Gasteiger partial charge is 0.481 e. The van der Waals surface area contributed by atoms with Crippen molar-refractivity contribution in [1.29, 1.82) is 0 Å². The van der Waals surface area contributed by atoms with Crippen LogP contribution in [0.5, 0.6) is 0 Å². The van der Waals surface area contributed by atoms with Crippen LogP contribution in [0.25, 0.3) is 0 Å². The number of nitrogens with one attached hydrogen (secondary N) is 1. The number of Topliss-reactive ketones (excluding diaryl/α,β-unsaturated/α-hetero) is 1. The SMILES string of the molecule is CN(COC[n+]1cccc(C(=O)NCCCC(=O)O)c1)C1(c2ccccc2Cl)CCCCC1=O. The Hall–Kier alpha value is -2.81. The molecule has 1 aromatic carbocycles. The van der Waals surface area contributed by atoms with Crippen LogP contribution in [-0.2, 0) is 26.6 Å². The molecule has 1 fully saturated rings. The van der Waals surface area contributed by atoms with Crippen LogP contribution in [0.3, 0.4) is 0 Å². The fourth-order valence-electron chi connectivity index (χ4n) is 4.38. The number of pyridine rings is 1. The molecule has 2 N–H and O–H groups in total. The third-order valence-corrected chi connectivity index (χ3v) is 6.45. The van der Waals surface area contributed by atoms with Gasteiger partial charge in [0.25, 0.3) is 12.6 Å². The van der Waals surface area contributed by atoms with Gasteiger partial charge < -0.3 is 15.2 Å². The fourth-order valence-corrected chi connectivity index (χ4v) is 4.67. The molecule has 1 atom stereocenters. The second kappa shape index (κ2) is 12.1. The number of carboxylic acids is 1. The maximum absolute atomic E-state index is 13.2. The normalized spacial score (nSPS) is 18.1. The Bertz CT molecular complexity index is 1030. The highest BCUT2D eigenvalue weighted by molar-refractivity contribution is 6.31. The molecule has 0 saturated heterocycles. The van der Waals surface area contributed by atoms with Gasteiger partial charge in [-0.15, -0.1) is 0 Å². The van der Waals surface area contributed by atoms with Crippen molar-refractivity contribution in [1.82, 2.24) is 10.2 Å². The second-order valence-electron chi connectivity index (χ2n) is 8.49. The Labute approximate surface area is 204 Å². The number of carboxylic acid groups (broad SMARTS) is 1. The third-order valence-electron chi connectivity index (χ3n) is 6.12. The van der Waals surface area contributed by atoms with Crippen molar-refractivity contribution >= 4 is 29.3 Å². The number of carbonyl (C=O) groups excluding carboxylic acids is 2. The van der Waals surface area contributed by atoms with Gasteiger partial charge in [-0.3, -0.25) is 19.3 Å². The number of amides is 1. The molecule has 1 saturated carbocycles. The number of carbonyl (C=O) groups is 3. The van der Waals surface area contributed by atoms with Crippen molar-refractivity contribution < 1.29 is 28.8 Å². The van der Waals surface area contributed by atoms with Crippen molar-refractivity contribution in [2.75, 3.05) is 20.3 Å². The second-order valence-corrected chi connectivity index (χ2v) is 8.90. The first-order chi connectivity index (χ1) is 16.3. The van der Waals surface area contributed by atoms with Gasteiger partial charge >= 0.3 is 5.97 Å². The number of halogens is 1. The van der Waals surface area contributed by atoms with E-state index in [-0.39, 0.29) is 31.6 Å². The number of benzene rings is 1. The lowest BCUT2D eigenvalue weighted by Crippen LogP contribution is -2.53. The Balaban J connectivity index is 1.62. The van der Waals surface area contributed by atoms with Crippen LogP contribution in [0.1, 0.15) is 54.4 Å². The maximum atomic E-state index is 13.2. The van der Waals surface area contributed by atoms with E-state index in [1.54, 1.807) is 29.1 Å². The topological polar surface area (TPSA) is 99.8 Å². The lowest BCUT2D eigenvalue weighted by molar-refractivity contribution is -0.733. The molecule has 1 aromatic heterocycles. The number of hydrogen-bond acceptors (Lipinski definition) is 5. The number of ketones is 1. The number of aromatic nitrogens is 1. The van der Waals surface area contributed by atoms with Crippen LogP contribution in [0.15, 0.2) is 48.8 Å². The van der Waals surface area contributed by atoms with Crippen LogP contribution in [0, 0.1) is 0 Å². The summed E-state index contributed by atoms with van der Waals surface area (Å²) in [6, 6.07) is 10.9. The minimum absolute atomic E-state index is 0.00855. The molecule has 9 heteroatoms. The van der Waals surface area contributed by atoms with E-state index in [1.807, 2.05) is 36.2 Å². The van der Waals surface area contributed by atoms with Crippen molar-refractivity contribution in [3.8, 4) is 0 Å². The third kappa shape index (κ3) is 6.20. The van der Waals surface area contributed by atoms with Crippen molar-refractivity contribution in [2.24, 2.45) is 0 Å². The molecule has 1 aliphatic carbocycles. The summed E-state index contributed by atoms with van der Waals surface area (Å²) in [6.07, 6.45) is 6.83. The molecular weight excluding hydrogens is 458 g/mol. The monoisotopic (exact) mass is 488 g/mol. The van der Waals surface area contributed by atoms with E-state index in [1.165, 1.54) is 0 Å². The standard InChI is InChI=1S/C25H30ClN3O5/c1-28(25(13-5-4-11-22(25)30)20-9-2-3-10-21(20)26)17-34-18-29-15-7-8-19(16-29)24(33)27-14-6-12-23(31)32/h2-3,7-10,15-16H,4-6,11-14,17-18H2,1H3,(H-,27,31,32,33)/p+1. The minimum atomic E-state index is -0.889. The molecule has 182 valence electrons. The molecular formula is C25H31ClN3O5+. The lowest BCUT2D eigenvalue weighted by atomic mass is 9.74. The molecule has 0 spiro atoms. The summed E-state index contributed by atoms with van der Waals surface area (Å²) < 4.78 is 7.67. The van der Waals surface area contributed by atoms with Gasteiger partial charge in [-0.1, -0.05) is 36.2 Å². The zero-order valence-corrected chi connectivity index (χ0v) is 20.1. The van der Waals surface area contributed by atoms with Gasteiger partial charge in [-0.05, 0) is 44.0 Å². The summed E-state index contributed by atoms with van der Waals surface area (Å²) in [5, 5.41) is 12.0. The highest BCUT2D eigenvalue weighted by atomic mass is 35.5.